The molecular formula is C43H46F4N4. The summed E-state index contributed by atoms with van der Waals surface area (Å²) >= 11 is 0. The van der Waals surface area contributed by atoms with E-state index < -0.39 is 23.3 Å². The van der Waals surface area contributed by atoms with E-state index in [2.05, 4.69) is 82.3 Å². The van der Waals surface area contributed by atoms with Crippen molar-refractivity contribution in [1.82, 2.24) is 19.9 Å². The van der Waals surface area contributed by atoms with Crippen LogP contribution in [0.5, 0.6) is 0 Å². The quantitative estimate of drug-likeness (QED) is 0.100. The van der Waals surface area contributed by atoms with Gasteiger partial charge in [0.2, 0.25) is 0 Å². The van der Waals surface area contributed by atoms with Gasteiger partial charge >= 0.3 is 0 Å². The van der Waals surface area contributed by atoms with Crippen molar-refractivity contribution >= 4 is 0 Å². The standard InChI is InChI=1S/C21H20F2N2.C20H18F2N2.2CH4/c1-2-3-4-5-15-6-8-16(9-7-15)18-13-24-21(25-14-18)17-10-11-19(22)20(23)12-17;1-2-3-4-14-5-7-15(8-6-14)17-12-23-20(24-13-17)16-9-10-18(21)19(22)11-16;;/h6-14H,2-5H2,1H3;5-13H,2-4H2,1H3;2*1H4. The van der Waals surface area contributed by atoms with Crippen LogP contribution < -0.4 is 0 Å². The van der Waals surface area contributed by atoms with Crippen molar-refractivity contribution < 1.29 is 17.6 Å². The molecule has 0 aliphatic rings. The number of aryl methyl sites for hydroxylation is 2. The highest BCUT2D eigenvalue weighted by atomic mass is 19.2. The fourth-order valence-corrected chi connectivity index (χ4v) is 5.21. The Hall–Kier alpha value is -5.24. The topological polar surface area (TPSA) is 51.6 Å². The maximum absolute atomic E-state index is 13.3. The predicted octanol–water partition coefficient (Wildman–Crippen LogP) is 12.5. The molecule has 2 heterocycles. The minimum atomic E-state index is -0.900. The molecular weight excluding hydrogens is 648 g/mol. The van der Waals surface area contributed by atoms with Gasteiger partial charge in [0.1, 0.15) is 0 Å². The molecule has 0 atom stereocenters. The summed E-state index contributed by atoms with van der Waals surface area (Å²) in [7, 11) is 0. The van der Waals surface area contributed by atoms with Gasteiger partial charge in [-0.2, -0.15) is 0 Å². The molecule has 8 heteroatoms. The lowest BCUT2D eigenvalue weighted by Crippen LogP contribution is -1.92. The zero-order chi connectivity index (χ0) is 34.6. The maximum atomic E-state index is 13.3. The van der Waals surface area contributed by atoms with Crippen LogP contribution in [0.3, 0.4) is 0 Å². The molecule has 4 nitrogen and oxygen atoms in total. The number of unbranched alkanes of at least 4 members (excludes halogenated alkanes) is 3. The first-order valence-electron chi connectivity index (χ1n) is 16.6. The van der Waals surface area contributed by atoms with Crippen molar-refractivity contribution in [3.8, 4) is 45.0 Å². The first kappa shape index (κ1) is 40.2. The number of rotatable bonds is 11. The van der Waals surface area contributed by atoms with Gasteiger partial charge in [-0.15, -0.1) is 0 Å². The largest absolute Gasteiger partial charge is 0.236 e. The summed E-state index contributed by atoms with van der Waals surface area (Å²) in [5.74, 6) is -2.80. The van der Waals surface area contributed by atoms with E-state index in [0.29, 0.717) is 22.8 Å². The van der Waals surface area contributed by atoms with Gasteiger partial charge in [-0.25, -0.2) is 37.5 Å². The highest BCUT2D eigenvalue weighted by Gasteiger charge is 2.09. The van der Waals surface area contributed by atoms with E-state index in [0.717, 1.165) is 59.4 Å². The molecule has 0 amide bonds. The van der Waals surface area contributed by atoms with Crippen LogP contribution in [0.1, 0.15) is 71.9 Å². The highest BCUT2D eigenvalue weighted by molar-refractivity contribution is 5.65. The first-order chi connectivity index (χ1) is 23.8. The van der Waals surface area contributed by atoms with Crippen molar-refractivity contribution in [2.75, 3.05) is 0 Å². The van der Waals surface area contributed by atoms with Crippen LogP contribution in [0.25, 0.3) is 45.0 Å². The lowest BCUT2D eigenvalue weighted by molar-refractivity contribution is 0.509. The summed E-state index contributed by atoms with van der Waals surface area (Å²) in [6.07, 6.45) is 15.0. The zero-order valence-electron chi connectivity index (χ0n) is 27.6. The van der Waals surface area contributed by atoms with Crippen molar-refractivity contribution in [3.63, 3.8) is 0 Å². The van der Waals surface area contributed by atoms with Crippen LogP contribution >= 0.6 is 0 Å². The predicted molar refractivity (Wildman–Crippen MR) is 201 cm³/mol. The minimum absolute atomic E-state index is 0. The molecule has 0 bridgehead atoms. The molecule has 0 aliphatic carbocycles. The summed E-state index contributed by atoms with van der Waals surface area (Å²) < 4.78 is 52.6. The second kappa shape index (κ2) is 19.8. The summed E-state index contributed by atoms with van der Waals surface area (Å²) in [4.78, 5) is 17.1. The van der Waals surface area contributed by atoms with Crippen LogP contribution in [-0.2, 0) is 12.8 Å². The Morgan fingerprint density at radius 2 is 0.745 bits per heavy atom. The van der Waals surface area contributed by atoms with E-state index in [1.165, 1.54) is 55.4 Å². The van der Waals surface area contributed by atoms with E-state index >= 15 is 0 Å². The van der Waals surface area contributed by atoms with Crippen molar-refractivity contribution in [2.24, 2.45) is 0 Å². The van der Waals surface area contributed by atoms with Crippen molar-refractivity contribution in [3.05, 3.63) is 144 Å². The Balaban J connectivity index is 0.000000265. The van der Waals surface area contributed by atoms with Crippen LogP contribution in [0, 0.1) is 23.3 Å². The molecule has 0 saturated heterocycles. The molecule has 0 spiro atoms. The van der Waals surface area contributed by atoms with Gasteiger partial charge in [0.15, 0.2) is 34.9 Å². The second-order valence-corrected chi connectivity index (χ2v) is 11.8. The Labute approximate surface area is 299 Å². The van der Waals surface area contributed by atoms with Gasteiger partial charge in [0.25, 0.3) is 0 Å². The molecule has 0 radical (unpaired) electrons. The molecule has 2 aromatic heterocycles. The SMILES string of the molecule is C.C.CCCCCc1ccc(-c2cnc(-c3ccc(F)c(F)c3)nc2)cc1.CCCCc1ccc(-c2cnc(-c3ccc(F)c(F)c3)nc2)cc1. The minimum Gasteiger partial charge on any atom is -0.236 e. The van der Waals surface area contributed by atoms with Crippen molar-refractivity contribution in [2.45, 2.75) is 73.6 Å². The van der Waals surface area contributed by atoms with Gasteiger partial charge in [-0.1, -0.05) is 96.5 Å². The Morgan fingerprint density at radius 1 is 0.392 bits per heavy atom. The summed E-state index contributed by atoms with van der Waals surface area (Å²) in [5, 5.41) is 0. The number of hydrogen-bond donors (Lipinski definition) is 0. The molecule has 6 rings (SSSR count). The summed E-state index contributed by atoms with van der Waals surface area (Å²) in [6, 6.07) is 24.1. The third-order valence-electron chi connectivity index (χ3n) is 8.12. The molecule has 0 N–H and O–H groups in total. The lowest BCUT2D eigenvalue weighted by atomic mass is 10.0. The average molecular weight is 695 g/mol. The van der Waals surface area contributed by atoms with E-state index in [-0.39, 0.29) is 14.9 Å². The van der Waals surface area contributed by atoms with E-state index in [4.69, 9.17) is 0 Å². The van der Waals surface area contributed by atoms with Crippen LogP contribution in [0.2, 0.25) is 0 Å². The van der Waals surface area contributed by atoms with Gasteiger partial charge < -0.3 is 0 Å². The monoisotopic (exact) mass is 694 g/mol. The zero-order valence-corrected chi connectivity index (χ0v) is 27.6. The molecule has 266 valence electrons. The Bertz CT molecular complexity index is 1930. The third kappa shape index (κ3) is 11.1. The van der Waals surface area contributed by atoms with Gasteiger partial charge in [-0.3, -0.25) is 0 Å². The second-order valence-electron chi connectivity index (χ2n) is 11.8. The van der Waals surface area contributed by atoms with Gasteiger partial charge in [0.05, 0.1) is 0 Å². The molecule has 6 aromatic rings. The lowest BCUT2D eigenvalue weighted by Gasteiger charge is -2.06. The van der Waals surface area contributed by atoms with Crippen LogP contribution in [0.4, 0.5) is 17.6 Å². The third-order valence-corrected chi connectivity index (χ3v) is 8.12. The molecule has 0 aliphatic heterocycles. The molecule has 4 aromatic carbocycles. The van der Waals surface area contributed by atoms with E-state index in [9.17, 15) is 17.6 Å². The number of halogens is 4. The Morgan fingerprint density at radius 3 is 1.10 bits per heavy atom. The molecule has 0 saturated carbocycles. The van der Waals surface area contributed by atoms with Gasteiger partial charge in [-0.05, 0) is 84.3 Å². The Kier molecular flexibility index (Phi) is 15.6. The molecule has 0 unspecified atom stereocenters. The smallest absolute Gasteiger partial charge is 0.159 e. The van der Waals surface area contributed by atoms with E-state index in [1.54, 1.807) is 24.8 Å². The van der Waals surface area contributed by atoms with Gasteiger partial charge in [0, 0.05) is 47.0 Å². The first-order valence-corrected chi connectivity index (χ1v) is 16.6. The van der Waals surface area contributed by atoms with Crippen LogP contribution in [0.15, 0.2) is 110 Å². The number of nitrogens with zero attached hydrogens (tertiary/aromatic N) is 4. The highest BCUT2D eigenvalue weighted by Crippen LogP contribution is 2.24. The van der Waals surface area contributed by atoms with Crippen LogP contribution in [-0.4, -0.2) is 19.9 Å². The molecule has 51 heavy (non-hydrogen) atoms. The average Bonchev–Trinajstić information content (AvgIpc) is 3.14. The number of benzene rings is 4. The fraction of sp³-hybridized carbons (Fsp3) is 0.256. The summed E-state index contributed by atoms with van der Waals surface area (Å²) in [6.45, 7) is 4.38. The number of hydrogen-bond acceptors (Lipinski definition) is 4. The molecule has 0 fully saturated rings. The van der Waals surface area contributed by atoms with Crippen molar-refractivity contribution in [1.29, 1.82) is 0 Å². The van der Waals surface area contributed by atoms with E-state index in [1.807, 2.05) is 0 Å². The maximum Gasteiger partial charge on any atom is 0.159 e. The number of aromatic nitrogens is 4. The normalized spacial score (nSPS) is 10.4. The fourth-order valence-electron chi connectivity index (χ4n) is 5.21. The summed E-state index contributed by atoms with van der Waals surface area (Å²) in [5.41, 5.74) is 7.42.